The molecule has 0 aliphatic carbocycles. The lowest BCUT2D eigenvalue weighted by atomic mass is 10.1. The molecule has 0 saturated carbocycles. The molecule has 0 bridgehead atoms. The minimum Gasteiger partial charge on any atom is -0.495 e. The molecule has 3 heterocycles. The minimum atomic E-state index is -0.169. The summed E-state index contributed by atoms with van der Waals surface area (Å²) in [5, 5.41) is 4.15. The van der Waals surface area contributed by atoms with Crippen molar-refractivity contribution in [1.82, 2.24) is 15.2 Å². The van der Waals surface area contributed by atoms with Gasteiger partial charge in [0.25, 0.3) is 5.91 Å². The summed E-state index contributed by atoms with van der Waals surface area (Å²) in [4.78, 5) is 23.2. The largest absolute Gasteiger partial charge is 0.495 e. The van der Waals surface area contributed by atoms with E-state index >= 15 is 0 Å². The van der Waals surface area contributed by atoms with Crippen molar-refractivity contribution < 1.29 is 14.3 Å². The van der Waals surface area contributed by atoms with Crippen LogP contribution in [0.4, 0.5) is 11.4 Å². The number of methoxy groups -OCH3 is 2. The van der Waals surface area contributed by atoms with Gasteiger partial charge in [-0.2, -0.15) is 0 Å². The molecule has 194 valence electrons. The first-order valence-electron chi connectivity index (χ1n) is 12.2. The molecule has 0 unspecified atom stereocenters. The Labute approximate surface area is 221 Å². The molecule has 4 rings (SSSR count). The maximum Gasteiger partial charge on any atom is 0.263 e. The summed E-state index contributed by atoms with van der Waals surface area (Å²) in [6, 6.07) is 8.20. The predicted octanol–water partition coefficient (Wildman–Crippen LogP) is 4.58. The Kier molecular flexibility index (Phi) is 8.77. The lowest BCUT2D eigenvalue weighted by molar-refractivity contribution is 0.0957. The number of hydrogen-bond donors (Lipinski definition) is 2. The number of nitrogens with two attached hydrogens (primary N) is 1. The zero-order valence-corrected chi connectivity index (χ0v) is 22.7. The highest BCUT2D eigenvalue weighted by molar-refractivity contribution is 7.21. The first-order chi connectivity index (χ1) is 17.4. The number of nitrogen functional groups attached to an aromatic ring is 1. The highest BCUT2D eigenvalue weighted by Gasteiger charge is 2.22. The van der Waals surface area contributed by atoms with Crippen molar-refractivity contribution in [3.63, 3.8) is 0 Å². The van der Waals surface area contributed by atoms with E-state index in [1.165, 1.54) is 24.1 Å². The number of carbonyl (C=O) groups is 1. The van der Waals surface area contributed by atoms with Crippen molar-refractivity contribution in [1.29, 1.82) is 0 Å². The summed E-state index contributed by atoms with van der Waals surface area (Å²) in [7, 11) is 3.24. The molecular formula is C26H34ClN5O3S. The van der Waals surface area contributed by atoms with Crippen LogP contribution in [0.25, 0.3) is 10.2 Å². The third-order valence-corrected chi connectivity index (χ3v) is 8.20. The number of ether oxygens (including phenoxy) is 2. The molecule has 1 amide bonds. The Bertz CT molecular complexity index is 1210. The smallest absolute Gasteiger partial charge is 0.263 e. The summed E-state index contributed by atoms with van der Waals surface area (Å²) in [5.41, 5.74) is 8.66. The van der Waals surface area contributed by atoms with Gasteiger partial charge in [-0.25, -0.2) is 4.98 Å². The molecule has 2 aromatic heterocycles. The number of aromatic nitrogens is 1. The number of anilines is 2. The SMILES string of the molecule is COc1ccccc1N1CCN(CCCCCNC(=O)c2sc3nc(OC)c(Cl)c(C)c3c2N)CC1. The number of benzene rings is 1. The molecule has 1 aliphatic rings. The number of pyridine rings is 1. The number of unbranched alkanes of at least 4 members (excludes halogenated alkanes) is 2. The van der Waals surface area contributed by atoms with E-state index in [2.05, 4.69) is 32.2 Å². The van der Waals surface area contributed by atoms with Gasteiger partial charge in [-0.05, 0) is 44.0 Å². The van der Waals surface area contributed by atoms with Crippen LogP contribution in [0.15, 0.2) is 24.3 Å². The van der Waals surface area contributed by atoms with E-state index in [0.29, 0.717) is 32.8 Å². The number of piperazine rings is 1. The summed E-state index contributed by atoms with van der Waals surface area (Å²) in [6.07, 6.45) is 3.09. The normalized spacial score (nSPS) is 14.3. The molecule has 0 radical (unpaired) electrons. The summed E-state index contributed by atoms with van der Waals surface area (Å²) >= 11 is 7.59. The van der Waals surface area contributed by atoms with Gasteiger partial charge < -0.3 is 25.4 Å². The number of fused-ring (bicyclic) bond motifs is 1. The number of halogens is 1. The summed E-state index contributed by atoms with van der Waals surface area (Å²) < 4.78 is 10.7. The maximum atomic E-state index is 12.8. The van der Waals surface area contributed by atoms with Crippen LogP contribution >= 0.6 is 22.9 Å². The quantitative estimate of drug-likeness (QED) is 0.370. The third kappa shape index (κ3) is 5.63. The Balaban J connectivity index is 1.19. The zero-order valence-electron chi connectivity index (χ0n) is 21.1. The van der Waals surface area contributed by atoms with Crippen molar-refractivity contribution in [2.75, 3.05) is 64.1 Å². The Morgan fingerprint density at radius 3 is 2.61 bits per heavy atom. The van der Waals surface area contributed by atoms with Gasteiger partial charge in [-0.1, -0.05) is 30.2 Å². The van der Waals surface area contributed by atoms with Crippen LogP contribution in [0.5, 0.6) is 11.6 Å². The first-order valence-corrected chi connectivity index (χ1v) is 13.4. The Morgan fingerprint density at radius 2 is 1.89 bits per heavy atom. The average Bonchev–Trinajstić information content (AvgIpc) is 3.24. The molecule has 0 atom stereocenters. The lowest BCUT2D eigenvalue weighted by Gasteiger charge is -2.36. The van der Waals surface area contributed by atoms with Gasteiger partial charge in [0.1, 0.15) is 20.5 Å². The number of thiophene rings is 1. The number of para-hydroxylation sites is 2. The lowest BCUT2D eigenvalue weighted by Crippen LogP contribution is -2.46. The van der Waals surface area contributed by atoms with Crippen LogP contribution < -0.4 is 25.4 Å². The van der Waals surface area contributed by atoms with E-state index in [9.17, 15) is 4.79 Å². The van der Waals surface area contributed by atoms with Gasteiger partial charge in [-0.3, -0.25) is 9.69 Å². The van der Waals surface area contributed by atoms with Crippen LogP contribution in [0.2, 0.25) is 5.02 Å². The van der Waals surface area contributed by atoms with E-state index < -0.39 is 0 Å². The number of amides is 1. The van der Waals surface area contributed by atoms with Crippen LogP contribution in [0, 0.1) is 6.92 Å². The molecular weight excluding hydrogens is 498 g/mol. The topological polar surface area (TPSA) is 93.0 Å². The Morgan fingerprint density at radius 1 is 1.14 bits per heavy atom. The van der Waals surface area contributed by atoms with Crippen molar-refractivity contribution in [2.45, 2.75) is 26.2 Å². The fraction of sp³-hybridized carbons (Fsp3) is 0.462. The van der Waals surface area contributed by atoms with Gasteiger partial charge in [0.15, 0.2) is 0 Å². The van der Waals surface area contributed by atoms with E-state index in [4.69, 9.17) is 26.8 Å². The van der Waals surface area contributed by atoms with Crippen LogP contribution in [0.1, 0.15) is 34.5 Å². The Hall–Kier alpha value is -2.75. The van der Waals surface area contributed by atoms with Crippen molar-refractivity contribution >= 4 is 50.4 Å². The molecule has 3 aromatic rings. The first kappa shape index (κ1) is 26.3. The van der Waals surface area contributed by atoms with Gasteiger partial charge in [0.2, 0.25) is 5.88 Å². The summed E-state index contributed by atoms with van der Waals surface area (Å²) in [6.45, 7) is 7.63. The third-order valence-electron chi connectivity index (χ3n) is 6.66. The number of nitrogens with zero attached hydrogens (tertiary/aromatic N) is 3. The van der Waals surface area contributed by atoms with Gasteiger partial charge >= 0.3 is 0 Å². The van der Waals surface area contributed by atoms with E-state index in [-0.39, 0.29) is 5.91 Å². The molecule has 1 aromatic carbocycles. The molecule has 0 spiro atoms. The van der Waals surface area contributed by atoms with Gasteiger partial charge in [0.05, 0.1) is 25.6 Å². The van der Waals surface area contributed by atoms with Crippen molar-refractivity contribution in [2.24, 2.45) is 0 Å². The monoisotopic (exact) mass is 531 g/mol. The standard InChI is InChI=1S/C26H34ClN5O3S/c1-17-20-22(28)23(36-26(20)30-25(35-3)21(17)27)24(33)29-11-7-4-8-12-31-13-15-32(16-14-31)18-9-5-6-10-19(18)34-2/h5-6,9-10H,4,7-8,11-16,28H2,1-3H3,(H,29,33). The second-order valence-corrected chi connectivity index (χ2v) is 10.3. The number of nitrogens with one attached hydrogen (secondary N) is 1. The highest BCUT2D eigenvalue weighted by Crippen LogP contribution is 2.40. The van der Waals surface area contributed by atoms with E-state index in [1.54, 1.807) is 7.11 Å². The number of hydrogen-bond acceptors (Lipinski definition) is 8. The maximum absolute atomic E-state index is 12.8. The van der Waals surface area contributed by atoms with Crippen molar-refractivity contribution in [3.8, 4) is 11.6 Å². The van der Waals surface area contributed by atoms with E-state index in [0.717, 1.165) is 68.7 Å². The second kappa shape index (κ2) is 12.0. The zero-order chi connectivity index (χ0) is 25.7. The molecule has 10 heteroatoms. The average molecular weight is 532 g/mol. The molecule has 3 N–H and O–H groups in total. The molecule has 1 fully saturated rings. The molecule has 1 saturated heterocycles. The van der Waals surface area contributed by atoms with Crippen LogP contribution in [-0.2, 0) is 0 Å². The fourth-order valence-electron chi connectivity index (χ4n) is 4.61. The van der Waals surface area contributed by atoms with Gasteiger partial charge in [-0.15, -0.1) is 11.3 Å². The predicted molar refractivity (Wildman–Crippen MR) is 148 cm³/mol. The van der Waals surface area contributed by atoms with Crippen LogP contribution in [-0.4, -0.2) is 69.3 Å². The minimum absolute atomic E-state index is 0.169. The summed E-state index contributed by atoms with van der Waals surface area (Å²) in [5.74, 6) is 1.11. The molecule has 1 aliphatic heterocycles. The second-order valence-electron chi connectivity index (χ2n) is 8.90. The number of carbonyl (C=O) groups excluding carboxylic acids is 1. The van der Waals surface area contributed by atoms with Crippen LogP contribution in [0.3, 0.4) is 0 Å². The molecule has 8 nitrogen and oxygen atoms in total. The van der Waals surface area contributed by atoms with Gasteiger partial charge in [0, 0.05) is 38.1 Å². The fourth-order valence-corrected chi connectivity index (χ4v) is 5.89. The number of rotatable bonds is 10. The number of aryl methyl sites for hydroxylation is 1. The van der Waals surface area contributed by atoms with E-state index in [1.807, 2.05) is 19.1 Å². The molecule has 36 heavy (non-hydrogen) atoms. The highest BCUT2D eigenvalue weighted by atomic mass is 35.5. The van der Waals surface area contributed by atoms with Crippen molar-refractivity contribution in [3.05, 3.63) is 39.7 Å².